The van der Waals surface area contributed by atoms with E-state index in [1.807, 2.05) is 13.8 Å². The average Bonchev–Trinajstić information content (AvgIpc) is 2.39. The molecule has 6 heteroatoms. The third-order valence-corrected chi connectivity index (χ3v) is 3.99. The summed E-state index contributed by atoms with van der Waals surface area (Å²) in [5.41, 5.74) is 5.26. The highest BCUT2D eigenvalue weighted by molar-refractivity contribution is 6.34. The number of benzene rings is 1. The van der Waals surface area contributed by atoms with Crippen molar-refractivity contribution in [2.75, 3.05) is 11.9 Å². The minimum Gasteiger partial charge on any atom is -0.481 e. The maximum absolute atomic E-state index is 11.4. The van der Waals surface area contributed by atoms with Gasteiger partial charge < -0.3 is 16.2 Å². The van der Waals surface area contributed by atoms with Crippen LogP contribution in [-0.4, -0.2) is 23.5 Å². The van der Waals surface area contributed by atoms with Crippen LogP contribution in [-0.2, 0) is 4.79 Å². The Morgan fingerprint density at radius 1 is 1.35 bits per heavy atom. The van der Waals surface area contributed by atoms with Crippen molar-refractivity contribution >= 4 is 29.2 Å². The van der Waals surface area contributed by atoms with Gasteiger partial charge in [-0.05, 0) is 31.0 Å². The number of rotatable bonds is 7. The Kier molecular flexibility index (Phi) is 5.39. The van der Waals surface area contributed by atoms with E-state index in [2.05, 4.69) is 5.32 Å². The van der Waals surface area contributed by atoms with Crippen LogP contribution in [0.4, 0.5) is 5.69 Å². The Morgan fingerprint density at radius 3 is 2.35 bits per heavy atom. The molecular weight excluding hydrogens is 280 g/mol. The van der Waals surface area contributed by atoms with Gasteiger partial charge in [-0.25, -0.2) is 0 Å². The fraction of sp³-hybridized carbons (Fsp3) is 0.429. The molecule has 0 aliphatic rings. The lowest BCUT2D eigenvalue weighted by Crippen LogP contribution is -2.36. The molecular formula is C14H19ClN2O3. The van der Waals surface area contributed by atoms with Crippen LogP contribution in [0.15, 0.2) is 18.2 Å². The van der Waals surface area contributed by atoms with Crippen molar-refractivity contribution in [1.82, 2.24) is 0 Å². The SMILES string of the molecule is CCC(CC)(CNc1ccc(C(N)=O)c(Cl)c1)C(=O)O. The number of carboxylic acid groups (broad SMARTS) is 1. The number of carbonyl (C=O) groups is 2. The van der Waals surface area contributed by atoms with Crippen LogP contribution in [0.3, 0.4) is 0 Å². The van der Waals surface area contributed by atoms with Gasteiger partial charge in [0.1, 0.15) is 0 Å². The van der Waals surface area contributed by atoms with Crippen LogP contribution in [0.25, 0.3) is 0 Å². The van der Waals surface area contributed by atoms with Crippen LogP contribution in [0, 0.1) is 5.41 Å². The van der Waals surface area contributed by atoms with Crippen molar-refractivity contribution < 1.29 is 14.7 Å². The molecule has 0 aliphatic heterocycles. The normalized spacial score (nSPS) is 11.2. The topological polar surface area (TPSA) is 92.4 Å². The number of nitrogens with two attached hydrogens (primary N) is 1. The summed E-state index contributed by atoms with van der Waals surface area (Å²) in [6.07, 6.45) is 1.05. The molecule has 0 spiro atoms. The van der Waals surface area contributed by atoms with Crippen molar-refractivity contribution in [2.24, 2.45) is 11.1 Å². The Hall–Kier alpha value is -1.75. The lowest BCUT2D eigenvalue weighted by molar-refractivity contribution is -0.148. The van der Waals surface area contributed by atoms with E-state index >= 15 is 0 Å². The zero-order valence-electron chi connectivity index (χ0n) is 11.6. The van der Waals surface area contributed by atoms with Gasteiger partial charge in [0.25, 0.3) is 0 Å². The average molecular weight is 299 g/mol. The van der Waals surface area contributed by atoms with Crippen molar-refractivity contribution in [2.45, 2.75) is 26.7 Å². The van der Waals surface area contributed by atoms with E-state index in [1.54, 1.807) is 12.1 Å². The quantitative estimate of drug-likeness (QED) is 0.721. The molecule has 4 N–H and O–H groups in total. The first-order valence-corrected chi connectivity index (χ1v) is 6.80. The molecule has 5 nitrogen and oxygen atoms in total. The molecule has 0 bridgehead atoms. The van der Waals surface area contributed by atoms with Crippen molar-refractivity contribution in [1.29, 1.82) is 0 Å². The Morgan fingerprint density at radius 2 is 1.95 bits per heavy atom. The summed E-state index contributed by atoms with van der Waals surface area (Å²) in [6, 6.07) is 4.75. The molecule has 0 unspecified atom stereocenters. The maximum Gasteiger partial charge on any atom is 0.311 e. The number of carbonyl (C=O) groups excluding carboxylic acids is 1. The van der Waals surface area contributed by atoms with Crippen LogP contribution < -0.4 is 11.1 Å². The van der Waals surface area contributed by atoms with Gasteiger partial charge in [0.2, 0.25) is 5.91 Å². The number of hydrogen-bond donors (Lipinski definition) is 3. The van der Waals surface area contributed by atoms with Crippen LogP contribution in [0.5, 0.6) is 0 Å². The monoisotopic (exact) mass is 298 g/mol. The zero-order chi connectivity index (χ0) is 15.3. The summed E-state index contributed by atoms with van der Waals surface area (Å²) < 4.78 is 0. The van der Waals surface area contributed by atoms with E-state index in [4.69, 9.17) is 17.3 Å². The van der Waals surface area contributed by atoms with Gasteiger partial charge in [-0.1, -0.05) is 25.4 Å². The second-order valence-corrected chi connectivity index (χ2v) is 5.11. The fourth-order valence-corrected chi connectivity index (χ4v) is 2.25. The molecule has 0 saturated carbocycles. The summed E-state index contributed by atoms with van der Waals surface area (Å²) in [4.78, 5) is 22.5. The van der Waals surface area contributed by atoms with Gasteiger partial charge in [-0.15, -0.1) is 0 Å². The molecule has 1 amide bonds. The number of halogens is 1. The van der Waals surface area contributed by atoms with Gasteiger partial charge in [0, 0.05) is 12.2 Å². The van der Waals surface area contributed by atoms with Crippen molar-refractivity contribution in [3.8, 4) is 0 Å². The molecule has 1 rings (SSSR count). The van der Waals surface area contributed by atoms with E-state index in [-0.39, 0.29) is 10.6 Å². The predicted molar refractivity (Wildman–Crippen MR) is 79.1 cm³/mol. The molecule has 0 aromatic heterocycles. The largest absolute Gasteiger partial charge is 0.481 e. The molecule has 0 fully saturated rings. The number of carboxylic acids is 1. The molecule has 110 valence electrons. The maximum atomic E-state index is 11.4. The number of amides is 1. The minimum atomic E-state index is -0.824. The Balaban J connectivity index is 2.87. The summed E-state index contributed by atoms with van der Waals surface area (Å²) in [5.74, 6) is -1.42. The van der Waals surface area contributed by atoms with Gasteiger partial charge in [0.05, 0.1) is 16.0 Å². The number of anilines is 1. The van der Waals surface area contributed by atoms with E-state index in [0.717, 1.165) is 0 Å². The summed E-state index contributed by atoms with van der Waals surface area (Å²) in [5, 5.41) is 12.7. The lowest BCUT2D eigenvalue weighted by atomic mass is 9.82. The first-order valence-electron chi connectivity index (χ1n) is 6.43. The fourth-order valence-electron chi connectivity index (χ4n) is 1.97. The molecule has 0 radical (unpaired) electrons. The predicted octanol–water partition coefficient (Wildman–Crippen LogP) is 2.74. The highest BCUT2D eigenvalue weighted by atomic mass is 35.5. The molecule has 0 saturated heterocycles. The second-order valence-electron chi connectivity index (χ2n) is 4.71. The number of aliphatic carboxylic acids is 1. The molecule has 0 aliphatic carbocycles. The third-order valence-electron chi connectivity index (χ3n) is 3.67. The lowest BCUT2D eigenvalue weighted by Gasteiger charge is -2.27. The number of nitrogens with one attached hydrogen (secondary N) is 1. The van der Waals surface area contributed by atoms with Gasteiger partial charge in [-0.2, -0.15) is 0 Å². The summed E-state index contributed by atoms with van der Waals surface area (Å²) >= 11 is 5.95. The molecule has 1 aromatic carbocycles. The van der Waals surface area contributed by atoms with E-state index in [9.17, 15) is 14.7 Å². The van der Waals surface area contributed by atoms with Crippen molar-refractivity contribution in [3.63, 3.8) is 0 Å². The van der Waals surface area contributed by atoms with Gasteiger partial charge in [0.15, 0.2) is 0 Å². The highest BCUT2D eigenvalue weighted by Crippen LogP contribution is 2.28. The molecule has 1 aromatic rings. The Labute approximate surface area is 123 Å². The first-order chi connectivity index (χ1) is 9.36. The molecule has 20 heavy (non-hydrogen) atoms. The van der Waals surface area contributed by atoms with Gasteiger partial charge in [-0.3, -0.25) is 9.59 Å². The van der Waals surface area contributed by atoms with E-state index in [1.165, 1.54) is 6.07 Å². The first kappa shape index (κ1) is 16.3. The van der Waals surface area contributed by atoms with Crippen LogP contribution in [0.2, 0.25) is 5.02 Å². The summed E-state index contributed by atoms with van der Waals surface area (Å²) in [6.45, 7) is 3.99. The highest BCUT2D eigenvalue weighted by Gasteiger charge is 2.34. The van der Waals surface area contributed by atoms with Crippen molar-refractivity contribution in [3.05, 3.63) is 28.8 Å². The molecule has 0 heterocycles. The second kappa shape index (κ2) is 6.61. The smallest absolute Gasteiger partial charge is 0.311 e. The third kappa shape index (κ3) is 3.42. The summed E-state index contributed by atoms with van der Waals surface area (Å²) in [7, 11) is 0. The standard InChI is InChI=1S/C14H19ClN2O3/c1-3-14(4-2,13(19)20)8-17-9-5-6-10(12(16)18)11(15)7-9/h5-7,17H,3-4,8H2,1-2H3,(H2,16,18)(H,19,20). The molecule has 0 atom stereocenters. The van der Waals surface area contributed by atoms with Gasteiger partial charge >= 0.3 is 5.97 Å². The Bertz CT molecular complexity index is 513. The van der Waals surface area contributed by atoms with E-state index < -0.39 is 17.3 Å². The van der Waals surface area contributed by atoms with Crippen LogP contribution >= 0.6 is 11.6 Å². The number of hydrogen-bond acceptors (Lipinski definition) is 3. The minimum absolute atomic E-state index is 0.243. The van der Waals surface area contributed by atoms with Crippen LogP contribution in [0.1, 0.15) is 37.0 Å². The zero-order valence-corrected chi connectivity index (χ0v) is 12.3. The van der Waals surface area contributed by atoms with E-state index in [0.29, 0.717) is 25.1 Å². The number of primary amides is 1.